The Bertz CT molecular complexity index is 1290. The maximum atomic E-state index is 12.9. The minimum absolute atomic E-state index is 0.0274. The first kappa shape index (κ1) is 23.0. The summed E-state index contributed by atoms with van der Waals surface area (Å²) in [6.45, 7) is 1.60. The first-order chi connectivity index (χ1) is 17.2. The van der Waals surface area contributed by atoms with Crippen LogP contribution in [0.1, 0.15) is 24.8 Å². The minimum Gasteiger partial charge on any atom is -0.497 e. The van der Waals surface area contributed by atoms with Crippen LogP contribution in [0.15, 0.2) is 73.1 Å². The molecule has 2 aromatic carbocycles. The fourth-order valence-electron chi connectivity index (χ4n) is 4.82. The number of carbonyl (C=O) groups excluding carboxylic acids is 1. The number of nitrogens with one attached hydrogen (secondary N) is 1. The van der Waals surface area contributed by atoms with E-state index in [1.54, 1.807) is 13.3 Å². The van der Waals surface area contributed by atoms with Gasteiger partial charge in [-0.2, -0.15) is 0 Å². The van der Waals surface area contributed by atoms with Gasteiger partial charge >= 0.3 is 0 Å². The molecular weight excluding hydrogens is 438 g/mol. The van der Waals surface area contributed by atoms with Crippen molar-refractivity contribution in [2.45, 2.75) is 25.7 Å². The van der Waals surface area contributed by atoms with E-state index in [-0.39, 0.29) is 12.5 Å². The summed E-state index contributed by atoms with van der Waals surface area (Å²) in [6.07, 6.45) is 7.91. The lowest BCUT2D eigenvalue weighted by atomic mass is 9.90. The number of aryl methyl sites for hydroxylation is 1. The Hall–Kier alpha value is -3.80. The van der Waals surface area contributed by atoms with Crippen LogP contribution in [0.4, 0.5) is 0 Å². The van der Waals surface area contributed by atoms with Gasteiger partial charge in [-0.3, -0.25) is 9.78 Å². The molecule has 0 saturated carbocycles. The summed E-state index contributed by atoms with van der Waals surface area (Å²) in [6, 6.07) is 20.2. The van der Waals surface area contributed by atoms with Gasteiger partial charge in [0.15, 0.2) is 6.61 Å². The first-order valence-electron chi connectivity index (χ1n) is 12.3. The zero-order chi connectivity index (χ0) is 24.0. The highest BCUT2D eigenvalue weighted by molar-refractivity contribution is 5.85. The fourth-order valence-corrected chi connectivity index (χ4v) is 4.82. The van der Waals surface area contributed by atoms with Gasteiger partial charge in [-0.1, -0.05) is 18.2 Å². The molecule has 1 fully saturated rings. The Labute approximate surface area is 205 Å². The summed E-state index contributed by atoms with van der Waals surface area (Å²) in [5.74, 6) is 2.21. The van der Waals surface area contributed by atoms with E-state index in [1.165, 1.54) is 5.56 Å². The van der Waals surface area contributed by atoms with Gasteiger partial charge in [0.2, 0.25) is 0 Å². The van der Waals surface area contributed by atoms with Gasteiger partial charge in [-0.05, 0) is 79.6 Å². The third-order valence-electron chi connectivity index (χ3n) is 6.89. The summed E-state index contributed by atoms with van der Waals surface area (Å²) in [5, 5.41) is 1.12. The number of pyridine rings is 1. The van der Waals surface area contributed by atoms with Crippen molar-refractivity contribution < 1.29 is 14.3 Å². The van der Waals surface area contributed by atoms with Crippen molar-refractivity contribution in [2.75, 3.05) is 26.8 Å². The summed E-state index contributed by atoms with van der Waals surface area (Å²) in [4.78, 5) is 22.5. The lowest BCUT2D eigenvalue weighted by Gasteiger charge is -2.32. The normalized spacial score (nSPS) is 14.3. The van der Waals surface area contributed by atoms with E-state index in [2.05, 4.69) is 28.2 Å². The van der Waals surface area contributed by atoms with E-state index in [4.69, 9.17) is 9.47 Å². The molecule has 1 N–H and O–H groups in total. The second-order valence-electron chi connectivity index (χ2n) is 9.13. The molecule has 0 radical (unpaired) electrons. The molecular formula is C29H31N3O3. The number of aromatic amines is 1. The zero-order valence-electron chi connectivity index (χ0n) is 20.1. The Morgan fingerprint density at radius 3 is 2.83 bits per heavy atom. The average Bonchev–Trinajstić information content (AvgIpc) is 3.39. The molecule has 0 spiro atoms. The van der Waals surface area contributed by atoms with Gasteiger partial charge in [0.25, 0.3) is 5.91 Å². The summed E-state index contributed by atoms with van der Waals surface area (Å²) in [5.41, 5.74) is 4.10. The van der Waals surface area contributed by atoms with Gasteiger partial charge in [0.1, 0.15) is 17.2 Å². The van der Waals surface area contributed by atoms with Crippen LogP contribution < -0.4 is 9.47 Å². The molecule has 1 aliphatic heterocycles. The Kier molecular flexibility index (Phi) is 6.98. The van der Waals surface area contributed by atoms with Crippen molar-refractivity contribution in [3.05, 3.63) is 78.6 Å². The van der Waals surface area contributed by atoms with Crippen LogP contribution in [-0.4, -0.2) is 47.6 Å². The summed E-state index contributed by atoms with van der Waals surface area (Å²) < 4.78 is 11.3. The molecule has 6 heteroatoms. The van der Waals surface area contributed by atoms with Crippen LogP contribution >= 0.6 is 0 Å². The Morgan fingerprint density at radius 2 is 1.97 bits per heavy atom. The molecule has 4 aromatic rings. The topological polar surface area (TPSA) is 67.4 Å². The molecule has 6 nitrogen and oxygen atoms in total. The van der Waals surface area contributed by atoms with Gasteiger partial charge in [-0.25, -0.2) is 0 Å². The molecule has 5 rings (SSSR count). The largest absolute Gasteiger partial charge is 0.497 e. The number of nitrogens with zero attached hydrogens (tertiary/aromatic N) is 2. The maximum Gasteiger partial charge on any atom is 0.260 e. The number of amides is 1. The van der Waals surface area contributed by atoms with E-state index >= 15 is 0 Å². The standard InChI is InChI=1S/C29H31N3O3/c1-34-25-5-2-4-22(18-25)8-7-21-12-16-32(17-13-21)28(33)20-35-27-6-3-14-31-29(27)24-9-10-26-23(19-24)11-15-30-26/h2-6,9-11,14-15,18-19,21,30H,7-8,12-13,16-17,20H2,1H3. The maximum absolute atomic E-state index is 12.9. The number of carbonyl (C=O) groups is 1. The van der Waals surface area contributed by atoms with Gasteiger partial charge in [0, 0.05) is 41.9 Å². The van der Waals surface area contributed by atoms with Crippen LogP contribution in [0.2, 0.25) is 0 Å². The number of rotatable bonds is 8. The number of benzene rings is 2. The number of aromatic nitrogens is 2. The van der Waals surface area contributed by atoms with Crippen molar-refractivity contribution in [3.8, 4) is 22.8 Å². The molecule has 1 amide bonds. The van der Waals surface area contributed by atoms with E-state index in [0.717, 1.165) is 66.7 Å². The SMILES string of the molecule is COc1cccc(CCC2CCN(C(=O)COc3cccnc3-c3ccc4[nH]ccc4c3)CC2)c1. The number of hydrogen-bond donors (Lipinski definition) is 1. The van der Waals surface area contributed by atoms with Gasteiger partial charge in [-0.15, -0.1) is 0 Å². The Morgan fingerprint density at radius 1 is 1.09 bits per heavy atom. The minimum atomic E-state index is 0.0274. The van der Waals surface area contributed by atoms with Crippen LogP contribution in [-0.2, 0) is 11.2 Å². The number of H-pyrrole nitrogens is 1. The van der Waals surface area contributed by atoms with Gasteiger partial charge < -0.3 is 19.4 Å². The van der Waals surface area contributed by atoms with Crippen LogP contribution in [0.3, 0.4) is 0 Å². The zero-order valence-corrected chi connectivity index (χ0v) is 20.1. The van der Waals surface area contributed by atoms with Gasteiger partial charge in [0.05, 0.1) is 7.11 Å². The summed E-state index contributed by atoms with van der Waals surface area (Å²) in [7, 11) is 1.70. The molecule has 0 atom stereocenters. The van der Waals surface area contributed by atoms with E-state index in [9.17, 15) is 4.79 Å². The molecule has 180 valence electrons. The van der Waals surface area contributed by atoms with Crippen LogP contribution in [0.5, 0.6) is 11.5 Å². The molecule has 0 unspecified atom stereocenters. The van der Waals surface area contributed by atoms with Crippen molar-refractivity contribution in [1.82, 2.24) is 14.9 Å². The fraction of sp³-hybridized carbons (Fsp3) is 0.310. The van der Waals surface area contributed by atoms with E-state index in [1.807, 2.05) is 53.6 Å². The smallest absolute Gasteiger partial charge is 0.260 e. The predicted molar refractivity (Wildman–Crippen MR) is 138 cm³/mol. The second-order valence-corrected chi connectivity index (χ2v) is 9.13. The average molecular weight is 470 g/mol. The molecule has 35 heavy (non-hydrogen) atoms. The molecule has 0 bridgehead atoms. The van der Waals surface area contributed by atoms with Crippen molar-refractivity contribution >= 4 is 16.8 Å². The number of methoxy groups -OCH3 is 1. The number of ether oxygens (including phenoxy) is 2. The summed E-state index contributed by atoms with van der Waals surface area (Å²) >= 11 is 0. The number of likely N-dealkylation sites (tertiary alicyclic amines) is 1. The predicted octanol–water partition coefficient (Wildman–Crippen LogP) is 5.49. The molecule has 1 saturated heterocycles. The van der Waals surface area contributed by atoms with Crippen molar-refractivity contribution in [1.29, 1.82) is 0 Å². The molecule has 1 aliphatic rings. The molecule has 0 aliphatic carbocycles. The quantitative estimate of drug-likeness (QED) is 0.371. The third-order valence-corrected chi connectivity index (χ3v) is 6.89. The number of hydrogen-bond acceptors (Lipinski definition) is 4. The second kappa shape index (κ2) is 10.6. The van der Waals surface area contributed by atoms with Crippen molar-refractivity contribution in [3.63, 3.8) is 0 Å². The monoisotopic (exact) mass is 469 g/mol. The van der Waals surface area contributed by atoms with Crippen molar-refractivity contribution in [2.24, 2.45) is 5.92 Å². The van der Waals surface area contributed by atoms with E-state index in [0.29, 0.717) is 11.7 Å². The first-order valence-corrected chi connectivity index (χ1v) is 12.3. The van der Waals surface area contributed by atoms with Crippen LogP contribution in [0, 0.1) is 5.92 Å². The highest BCUT2D eigenvalue weighted by Crippen LogP contribution is 2.30. The molecule has 2 aromatic heterocycles. The Balaban J connectivity index is 1.13. The van der Waals surface area contributed by atoms with Crippen LogP contribution in [0.25, 0.3) is 22.2 Å². The van der Waals surface area contributed by atoms with E-state index < -0.39 is 0 Å². The number of fused-ring (bicyclic) bond motifs is 1. The lowest BCUT2D eigenvalue weighted by Crippen LogP contribution is -2.41. The third kappa shape index (κ3) is 5.48. The lowest BCUT2D eigenvalue weighted by molar-refractivity contribution is -0.134. The highest BCUT2D eigenvalue weighted by Gasteiger charge is 2.23. The molecule has 3 heterocycles. The highest BCUT2D eigenvalue weighted by atomic mass is 16.5. The number of piperidine rings is 1.